The zero-order valence-corrected chi connectivity index (χ0v) is 17.7. The van der Waals surface area contributed by atoms with E-state index in [4.69, 9.17) is 10.5 Å². The molecule has 3 aromatic carbocycles. The summed E-state index contributed by atoms with van der Waals surface area (Å²) in [7, 11) is 1.58. The van der Waals surface area contributed by atoms with Gasteiger partial charge in [0, 0.05) is 28.2 Å². The third-order valence-corrected chi connectivity index (χ3v) is 4.71. The number of hydrogen-bond donors (Lipinski definition) is 4. The lowest BCUT2D eigenvalue weighted by Crippen LogP contribution is -2.31. The first-order valence-electron chi connectivity index (χ1n) is 9.88. The molecule has 3 amide bonds. The lowest BCUT2D eigenvalue weighted by atomic mass is 10.1. The molecule has 0 aliphatic rings. The van der Waals surface area contributed by atoms with Crippen molar-refractivity contribution in [2.75, 3.05) is 23.1 Å². The Hall–Kier alpha value is -4.33. The number of rotatable bonds is 8. The fraction of sp³-hybridized carbons (Fsp3) is 0.125. The molecule has 0 aromatic heterocycles. The molecule has 1 atom stereocenters. The van der Waals surface area contributed by atoms with E-state index in [2.05, 4.69) is 16.0 Å². The van der Waals surface area contributed by atoms with Crippen LogP contribution in [0.2, 0.25) is 0 Å². The van der Waals surface area contributed by atoms with Gasteiger partial charge < -0.3 is 26.4 Å². The number of anilines is 3. The van der Waals surface area contributed by atoms with Crippen LogP contribution >= 0.6 is 0 Å². The van der Waals surface area contributed by atoms with Gasteiger partial charge in [0.1, 0.15) is 11.8 Å². The highest BCUT2D eigenvalue weighted by Gasteiger charge is 2.14. The number of methoxy groups -OCH3 is 1. The molecule has 0 fully saturated rings. The van der Waals surface area contributed by atoms with Crippen molar-refractivity contribution in [2.45, 2.75) is 13.0 Å². The average Bonchev–Trinajstić information content (AvgIpc) is 2.80. The first-order chi connectivity index (χ1) is 15.4. The summed E-state index contributed by atoms with van der Waals surface area (Å²) in [6, 6.07) is 19.6. The zero-order chi connectivity index (χ0) is 23.1. The van der Waals surface area contributed by atoms with Crippen molar-refractivity contribution >= 4 is 34.8 Å². The molecular formula is C24H24N4O4. The Bertz CT molecular complexity index is 1090. The van der Waals surface area contributed by atoms with Gasteiger partial charge in [0.2, 0.25) is 11.8 Å². The van der Waals surface area contributed by atoms with Gasteiger partial charge in [0.05, 0.1) is 7.11 Å². The fourth-order valence-corrected chi connectivity index (χ4v) is 2.88. The van der Waals surface area contributed by atoms with Crippen LogP contribution in [0, 0.1) is 0 Å². The number of nitrogens with one attached hydrogen (secondary N) is 3. The predicted molar refractivity (Wildman–Crippen MR) is 124 cm³/mol. The molecule has 5 N–H and O–H groups in total. The van der Waals surface area contributed by atoms with E-state index in [1.165, 1.54) is 0 Å². The standard InChI is InChI=1S/C24H24N4O4/c1-15(23(30)27-19-7-3-16(4-8-19)22(25)29)26-18-9-5-17(6-10-18)24(31)28-20-11-13-21(32-2)14-12-20/h3-15,26H,1-2H3,(H2,25,29)(H,27,30)(H,28,31)/t15-/m0/s1. The van der Waals surface area contributed by atoms with Crippen molar-refractivity contribution in [1.29, 1.82) is 0 Å². The van der Waals surface area contributed by atoms with Crippen LogP contribution < -0.4 is 26.4 Å². The highest BCUT2D eigenvalue weighted by Crippen LogP contribution is 2.17. The van der Waals surface area contributed by atoms with E-state index >= 15 is 0 Å². The van der Waals surface area contributed by atoms with Crippen LogP contribution in [-0.4, -0.2) is 30.9 Å². The summed E-state index contributed by atoms with van der Waals surface area (Å²) in [6.45, 7) is 1.72. The van der Waals surface area contributed by atoms with Gasteiger partial charge in [-0.3, -0.25) is 14.4 Å². The molecule has 0 bridgehead atoms. The summed E-state index contributed by atoms with van der Waals surface area (Å²) < 4.78 is 5.10. The maximum Gasteiger partial charge on any atom is 0.255 e. The van der Waals surface area contributed by atoms with Gasteiger partial charge in [-0.15, -0.1) is 0 Å². The summed E-state index contributed by atoms with van der Waals surface area (Å²) in [5, 5.41) is 8.67. The number of carbonyl (C=O) groups is 3. The number of benzene rings is 3. The van der Waals surface area contributed by atoms with Crippen molar-refractivity contribution in [3.05, 3.63) is 83.9 Å². The predicted octanol–water partition coefficient (Wildman–Crippen LogP) is 3.49. The molecule has 0 saturated carbocycles. The number of hydrogen-bond acceptors (Lipinski definition) is 5. The number of primary amides is 1. The smallest absolute Gasteiger partial charge is 0.255 e. The van der Waals surface area contributed by atoms with Crippen LogP contribution in [0.5, 0.6) is 5.75 Å². The van der Waals surface area contributed by atoms with Gasteiger partial charge in [-0.1, -0.05) is 0 Å². The van der Waals surface area contributed by atoms with Crippen LogP contribution in [0.1, 0.15) is 27.6 Å². The summed E-state index contributed by atoms with van der Waals surface area (Å²) in [5.74, 6) is -0.316. The summed E-state index contributed by atoms with van der Waals surface area (Å²) in [5.41, 5.74) is 7.97. The lowest BCUT2D eigenvalue weighted by molar-refractivity contribution is -0.116. The van der Waals surface area contributed by atoms with Gasteiger partial charge in [-0.05, 0) is 79.7 Å². The van der Waals surface area contributed by atoms with Crippen LogP contribution in [0.4, 0.5) is 17.1 Å². The minimum atomic E-state index is -0.537. The third kappa shape index (κ3) is 5.85. The highest BCUT2D eigenvalue weighted by atomic mass is 16.5. The molecule has 0 heterocycles. The monoisotopic (exact) mass is 432 g/mol. The first-order valence-corrected chi connectivity index (χ1v) is 9.88. The van der Waals surface area contributed by atoms with E-state index in [-0.39, 0.29) is 11.8 Å². The number of nitrogens with two attached hydrogens (primary N) is 1. The second-order valence-corrected chi connectivity index (χ2v) is 7.06. The molecule has 0 aliphatic carbocycles. The quantitative estimate of drug-likeness (QED) is 0.434. The average molecular weight is 432 g/mol. The van der Waals surface area contributed by atoms with Gasteiger partial charge in [0.15, 0.2) is 0 Å². The Morgan fingerprint density at radius 3 is 1.81 bits per heavy atom. The minimum absolute atomic E-state index is 0.244. The van der Waals surface area contributed by atoms with Crippen molar-refractivity contribution in [2.24, 2.45) is 5.73 Å². The summed E-state index contributed by atoms with van der Waals surface area (Å²) in [4.78, 5) is 36.0. The number of amides is 3. The van der Waals surface area contributed by atoms with E-state index < -0.39 is 11.9 Å². The molecule has 0 saturated heterocycles. The van der Waals surface area contributed by atoms with Gasteiger partial charge in [-0.25, -0.2) is 0 Å². The van der Waals surface area contributed by atoms with Crippen molar-refractivity contribution in [3.63, 3.8) is 0 Å². The molecule has 8 nitrogen and oxygen atoms in total. The second-order valence-electron chi connectivity index (χ2n) is 7.06. The lowest BCUT2D eigenvalue weighted by Gasteiger charge is -2.16. The molecule has 32 heavy (non-hydrogen) atoms. The van der Waals surface area contributed by atoms with E-state index in [1.807, 2.05) is 0 Å². The molecule has 164 valence electrons. The Labute approximate surface area is 185 Å². The second kappa shape index (κ2) is 10.1. The maximum absolute atomic E-state index is 12.4. The van der Waals surface area contributed by atoms with Crippen molar-refractivity contribution < 1.29 is 19.1 Å². The van der Waals surface area contributed by atoms with E-state index in [0.717, 1.165) is 0 Å². The van der Waals surface area contributed by atoms with E-state index in [0.29, 0.717) is 33.9 Å². The largest absolute Gasteiger partial charge is 0.497 e. The Kier molecular flexibility index (Phi) is 7.07. The Morgan fingerprint density at radius 1 is 0.750 bits per heavy atom. The van der Waals surface area contributed by atoms with Crippen LogP contribution in [-0.2, 0) is 4.79 Å². The first kappa shape index (κ1) is 22.4. The molecule has 0 unspecified atom stereocenters. The van der Waals surface area contributed by atoms with Crippen LogP contribution in [0.15, 0.2) is 72.8 Å². The Morgan fingerprint density at radius 2 is 1.25 bits per heavy atom. The highest BCUT2D eigenvalue weighted by molar-refractivity contribution is 6.04. The topological polar surface area (TPSA) is 123 Å². The maximum atomic E-state index is 12.4. The molecule has 3 aromatic rings. The number of ether oxygens (including phenoxy) is 1. The third-order valence-electron chi connectivity index (χ3n) is 4.71. The van der Waals surface area contributed by atoms with Crippen LogP contribution in [0.3, 0.4) is 0 Å². The van der Waals surface area contributed by atoms with Crippen molar-refractivity contribution in [3.8, 4) is 5.75 Å². The fourth-order valence-electron chi connectivity index (χ4n) is 2.88. The summed E-state index contributed by atoms with van der Waals surface area (Å²) in [6.07, 6.45) is 0. The van der Waals surface area contributed by atoms with Crippen LogP contribution in [0.25, 0.3) is 0 Å². The van der Waals surface area contributed by atoms with Gasteiger partial charge >= 0.3 is 0 Å². The normalized spacial score (nSPS) is 11.2. The number of carbonyl (C=O) groups excluding carboxylic acids is 3. The SMILES string of the molecule is COc1ccc(NC(=O)c2ccc(N[C@@H](C)C(=O)Nc3ccc(C(N)=O)cc3)cc2)cc1. The minimum Gasteiger partial charge on any atom is -0.497 e. The molecule has 0 radical (unpaired) electrons. The molecule has 0 spiro atoms. The molecule has 8 heteroatoms. The summed E-state index contributed by atoms with van der Waals surface area (Å²) >= 11 is 0. The molecule has 0 aliphatic heterocycles. The zero-order valence-electron chi connectivity index (χ0n) is 17.7. The van der Waals surface area contributed by atoms with E-state index in [1.54, 1.807) is 86.8 Å². The molecule has 3 rings (SSSR count). The van der Waals surface area contributed by atoms with Crippen molar-refractivity contribution in [1.82, 2.24) is 0 Å². The van der Waals surface area contributed by atoms with Gasteiger partial charge in [-0.2, -0.15) is 0 Å². The van der Waals surface area contributed by atoms with Gasteiger partial charge in [0.25, 0.3) is 5.91 Å². The Balaban J connectivity index is 1.55. The molecular weight excluding hydrogens is 408 g/mol. The van der Waals surface area contributed by atoms with E-state index in [9.17, 15) is 14.4 Å².